The number of nitrogens with zero attached hydrogens (tertiary/aromatic N) is 1. The molecule has 1 fully saturated rings. The maximum absolute atomic E-state index is 14.5. The summed E-state index contributed by atoms with van der Waals surface area (Å²) in [4.78, 5) is 40.7. The first-order chi connectivity index (χ1) is 18.3. The van der Waals surface area contributed by atoms with Crippen LogP contribution in [0.3, 0.4) is 0 Å². The zero-order chi connectivity index (χ0) is 27.2. The number of aliphatic hydroxyl groups is 2. The number of carbonyl (C=O) groups excluding carboxylic acids is 3. The quantitative estimate of drug-likeness (QED) is 0.201. The Morgan fingerprint density at radius 1 is 1.11 bits per heavy atom. The van der Waals surface area contributed by atoms with Crippen LogP contribution in [-0.4, -0.2) is 58.3 Å². The average Bonchev–Trinajstić information content (AvgIpc) is 3.21. The van der Waals surface area contributed by atoms with E-state index in [1.165, 1.54) is 12.1 Å². The van der Waals surface area contributed by atoms with Crippen LogP contribution in [0.15, 0.2) is 72.8 Å². The van der Waals surface area contributed by atoms with Gasteiger partial charge in [0.05, 0.1) is 12.3 Å². The molecule has 3 aromatic carbocycles. The standard InChI is InChI=1S/C27H25FIN3O6/c28-21-13-18(29)8-11-22(21)30-25(35)23(12-16-4-2-1-3-5-16)32-26(36)24(31-27(32)37)17-6-9-20(10-7-17)38-15-19(34)14-33/h1-11,13,19,23-24,33-34H,12,14-15H2,(H,30,35)(H,31,37)/t19-,23-,24+/m0/s1. The molecule has 1 heterocycles. The van der Waals surface area contributed by atoms with E-state index in [-0.39, 0.29) is 18.7 Å². The zero-order valence-electron chi connectivity index (χ0n) is 20.0. The topological polar surface area (TPSA) is 128 Å². The Hall–Kier alpha value is -3.55. The highest BCUT2D eigenvalue weighted by atomic mass is 127. The Balaban J connectivity index is 1.56. The van der Waals surface area contributed by atoms with Crippen LogP contribution >= 0.6 is 22.6 Å². The molecule has 9 nitrogen and oxygen atoms in total. The number of carbonyl (C=O) groups is 3. The highest BCUT2D eigenvalue weighted by Gasteiger charge is 2.45. The molecule has 4 amide bonds. The minimum atomic E-state index is -1.24. The van der Waals surface area contributed by atoms with E-state index in [0.717, 1.165) is 4.90 Å². The van der Waals surface area contributed by atoms with Crippen LogP contribution in [0, 0.1) is 9.39 Å². The van der Waals surface area contributed by atoms with Crippen molar-refractivity contribution < 1.29 is 33.7 Å². The second-order valence-electron chi connectivity index (χ2n) is 8.63. The van der Waals surface area contributed by atoms with Gasteiger partial charge in [0.15, 0.2) is 0 Å². The minimum absolute atomic E-state index is 0.0322. The summed E-state index contributed by atoms with van der Waals surface area (Å²) in [5, 5.41) is 23.5. The number of hydrogen-bond acceptors (Lipinski definition) is 6. The number of halogens is 2. The number of rotatable bonds is 10. The van der Waals surface area contributed by atoms with Gasteiger partial charge in [0.25, 0.3) is 5.91 Å². The number of aliphatic hydroxyl groups excluding tert-OH is 2. The first-order valence-electron chi connectivity index (χ1n) is 11.7. The summed E-state index contributed by atoms with van der Waals surface area (Å²) in [5.74, 6) is -1.56. The third-order valence-electron chi connectivity index (χ3n) is 5.91. The van der Waals surface area contributed by atoms with E-state index in [0.29, 0.717) is 20.4 Å². The minimum Gasteiger partial charge on any atom is -0.491 e. The molecule has 4 rings (SSSR count). The number of anilines is 1. The van der Waals surface area contributed by atoms with Gasteiger partial charge in [0, 0.05) is 9.99 Å². The monoisotopic (exact) mass is 633 g/mol. The van der Waals surface area contributed by atoms with Crippen LogP contribution in [0.5, 0.6) is 5.75 Å². The van der Waals surface area contributed by atoms with Crippen LogP contribution in [0.25, 0.3) is 0 Å². The molecule has 3 aromatic rings. The van der Waals surface area contributed by atoms with Gasteiger partial charge in [-0.2, -0.15) is 0 Å². The van der Waals surface area contributed by atoms with Crippen LogP contribution in [-0.2, 0) is 16.0 Å². The Morgan fingerprint density at radius 2 is 1.82 bits per heavy atom. The van der Waals surface area contributed by atoms with Gasteiger partial charge in [-0.05, 0) is 64.0 Å². The fraction of sp³-hybridized carbons (Fsp3) is 0.222. The SMILES string of the molecule is O=C(Nc1ccc(I)cc1F)[C@H](Cc1ccccc1)N1C(=O)N[C@H](c2ccc(OC[C@@H](O)CO)cc2)C1=O. The molecule has 1 aliphatic rings. The van der Waals surface area contributed by atoms with Crippen molar-refractivity contribution in [3.63, 3.8) is 0 Å². The Kier molecular flexibility index (Phi) is 8.92. The van der Waals surface area contributed by atoms with Gasteiger partial charge in [-0.1, -0.05) is 42.5 Å². The third kappa shape index (κ3) is 6.47. The predicted octanol–water partition coefficient (Wildman–Crippen LogP) is 3.01. The number of amides is 4. The molecule has 38 heavy (non-hydrogen) atoms. The number of imide groups is 1. The molecule has 0 radical (unpaired) electrons. The van der Waals surface area contributed by atoms with Crippen molar-refractivity contribution in [2.75, 3.05) is 18.5 Å². The molecule has 1 aliphatic heterocycles. The summed E-state index contributed by atoms with van der Waals surface area (Å²) in [6, 6.07) is 16.5. The normalized spacial score (nSPS) is 16.6. The van der Waals surface area contributed by atoms with Crippen molar-refractivity contribution in [1.29, 1.82) is 0 Å². The number of nitrogens with one attached hydrogen (secondary N) is 2. The van der Waals surface area contributed by atoms with Crippen LogP contribution < -0.4 is 15.4 Å². The van der Waals surface area contributed by atoms with Gasteiger partial charge in [-0.25, -0.2) is 14.1 Å². The molecule has 0 aromatic heterocycles. The van der Waals surface area contributed by atoms with E-state index in [2.05, 4.69) is 10.6 Å². The lowest BCUT2D eigenvalue weighted by molar-refractivity contribution is -0.134. The van der Waals surface area contributed by atoms with Gasteiger partial charge in [0.1, 0.15) is 36.4 Å². The van der Waals surface area contributed by atoms with E-state index in [4.69, 9.17) is 9.84 Å². The molecule has 1 saturated heterocycles. The van der Waals surface area contributed by atoms with Gasteiger partial charge in [-0.15, -0.1) is 0 Å². The van der Waals surface area contributed by atoms with E-state index in [1.807, 2.05) is 22.6 Å². The molecule has 0 unspecified atom stereocenters. The fourth-order valence-corrected chi connectivity index (χ4v) is 4.42. The summed E-state index contributed by atoms with van der Waals surface area (Å²) in [6.45, 7) is -0.551. The number of benzene rings is 3. The van der Waals surface area contributed by atoms with Gasteiger partial charge in [-0.3, -0.25) is 9.59 Å². The average molecular weight is 633 g/mol. The first kappa shape index (κ1) is 27.5. The second-order valence-corrected chi connectivity index (χ2v) is 9.87. The van der Waals surface area contributed by atoms with Gasteiger partial charge >= 0.3 is 6.03 Å². The lowest BCUT2D eigenvalue weighted by Crippen LogP contribution is -2.49. The first-order valence-corrected chi connectivity index (χ1v) is 12.8. The molecule has 0 spiro atoms. The third-order valence-corrected chi connectivity index (χ3v) is 6.58. The molecular weight excluding hydrogens is 608 g/mol. The summed E-state index contributed by atoms with van der Waals surface area (Å²) < 4.78 is 20.5. The van der Waals surface area contributed by atoms with Crippen LogP contribution in [0.2, 0.25) is 0 Å². The van der Waals surface area contributed by atoms with Gasteiger partial charge in [0.2, 0.25) is 5.91 Å². The molecule has 0 bridgehead atoms. The van der Waals surface area contributed by atoms with Crippen molar-refractivity contribution in [3.05, 3.63) is 93.3 Å². The molecule has 0 aliphatic carbocycles. The van der Waals surface area contributed by atoms with E-state index < -0.39 is 48.5 Å². The maximum atomic E-state index is 14.5. The Morgan fingerprint density at radius 3 is 2.47 bits per heavy atom. The van der Waals surface area contributed by atoms with E-state index in [1.54, 1.807) is 60.7 Å². The molecule has 0 saturated carbocycles. The highest BCUT2D eigenvalue weighted by molar-refractivity contribution is 14.1. The summed E-state index contributed by atoms with van der Waals surface area (Å²) in [5.41, 5.74) is 1.12. The zero-order valence-corrected chi connectivity index (χ0v) is 22.2. The van der Waals surface area contributed by atoms with Crippen molar-refractivity contribution in [3.8, 4) is 5.75 Å². The maximum Gasteiger partial charge on any atom is 0.325 e. The lowest BCUT2D eigenvalue weighted by Gasteiger charge is -2.25. The van der Waals surface area contributed by atoms with Crippen LogP contribution in [0.4, 0.5) is 14.9 Å². The molecular formula is C27H25FIN3O6. The summed E-state index contributed by atoms with van der Waals surface area (Å²) >= 11 is 1.95. The van der Waals surface area contributed by atoms with E-state index >= 15 is 0 Å². The largest absolute Gasteiger partial charge is 0.491 e. The Labute approximate surface area is 231 Å². The molecule has 11 heteroatoms. The second kappa shape index (κ2) is 12.3. The summed E-state index contributed by atoms with van der Waals surface area (Å²) in [7, 11) is 0. The molecule has 198 valence electrons. The van der Waals surface area contributed by atoms with Gasteiger partial charge < -0.3 is 25.6 Å². The predicted molar refractivity (Wildman–Crippen MR) is 145 cm³/mol. The number of hydrogen-bond donors (Lipinski definition) is 4. The van der Waals surface area contributed by atoms with Crippen molar-refractivity contribution in [2.24, 2.45) is 0 Å². The highest BCUT2D eigenvalue weighted by Crippen LogP contribution is 2.27. The van der Waals surface area contributed by atoms with Crippen molar-refractivity contribution >= 4 is 46.1 Å². The lowest BCUT2D eigenvalue weighted by atomic mass is 10.0. The fourth-order valence-electron chi connectivity index (χ4n) is 3.96. The molecule has 3 atom stereocenters. The Bertz CT molecular complexity index is 1310. The van der Waals surface area contributed by atoms with Crippen molar-refractivity contribution in [2.45, 2.75) is 24.6 Å². The number of ether oxygens (including phenoxy) is 1. The number of urea groups is 1. The smallest absolute Gasteiger partial charge is 0.325 e. The van der Waals surface area contributed by atoms with E-state index in [9.17, 15) is 23.9 Å². The molecule has 4 N–H and O–H groups in total. The summed E-state index contributed by atoms with van der Waals surface area (Å²) in [6.07, 6.45) is -0.996. The van der Waals surface area contributed by atoms with Crippen LogP contribution in [0.1, 0.15) is 17.2 Å². The van der Waals surface area contributed by atoms with Crippen molar-refractivity contribution in [1.82, 2.24) is 10.2 Å².